The number of ether oxygens (including phenoxy) is 1. The third-order valence-electron chi connectivity index (χ3n) is 4.21. The zero-order chi connectivity index (χ0) is 17.8. The van der Waals surface area contributed by atoms with E-state index in [2.05, 4.69) is 15.2 Å². The van der Waals surface area contributed by atoms with Crippen molar-refractivity contribution in [2.45, 2.75) is 12.6 Å². The molecular formula is C16H12F3N5O. The minimum atomic E-state index is -4.75. The second-order valence-corrected chi connectivity index (χ2v) is 5.63. The van der Waals surface area contributed by atoms with Gasteiger partial charge in [0.25, 0.3) is 0 Å². The SMILES string of the molecule is N=CC(=C(N)C(F)(F)F)c1nc2ccc3[nH]ncc3c2c2c1CCO2. The lowest BCUT2D eigenvalue weighted by Crippen LogP contribution is -2.22. The number of aromatic amines is 1. The Labute approximate surface area is 139 Å². The lowest BCUT2D eigenvalue weighted by atomic mass is 9.99. The molecule has 0 atom stereocenters. The second kappa shape index (κ2) is 5.20. The molecule has 3 heterocycles. The van der Waals surface area contributed by atoms with Crippen molar-refractivity contribution in [3.05, 3.63) is 35.3 Å². The Morgan fingerprint density at radius 3 is 2.88 bits per heavy atom. The van der Waals surface area contributed by atoms with Crippen molar-refractivity contribution in [1.29, 1.82) is 5.41 Å². The van der Waals surface area contributed by atoms with Crippen LogP contribution >= 0.6 is 0 Å². The Morgan fingerprint density at radius 1 is 1.36 bits per heavy atom. The number of benzene rings is 1. The van der Waals surface area contributed by atoms with Crippen LogP contribution in [-0.4, -0.2) is 34.2 Å². The summed E-state index contributed by atoms with van der Waals surface area (Å²) in [7, 11) is 0. The number of aromatic nitrogens is 3. The first kappa shape index (κ1) is 15.4. The average Bonchev–Trinajstić information content (AvgIpc) is 3.23. The van der Waals surface area contributed by atoms with E-state index in [1.807, 2.05) is 0 Å². The first-order valence-corrected chi connectivity index (χ1v) is 7.41. The maximum Gasteiger partial charge on any atom is 0.431 e. The van der Waals surface area contributed by atoms with E-state index in [4.69, 9.17) is 15.9 Å². The van der Waals surface area contributed by atoms with Crippen LogP contribution in [0.25, 0.3) is 27.4 Å². The molecule has 4 rings (SSSR count). The summed E-state index contributed by atoms with van der Waals surface area (Å²) in [6, 6.07) is 3.41. The molecule has 25 heavy (non-hydrogen) atoms. The number of pyridine rings is 1. The summed E-state index contributed by atoms with van der Waals surface area (Å²) in [4.78, 5) is 4.37. The fourth-order valence-electron chi connectivity index (χ4n) is 3.08. The Morgan fingerprint density at radius 2 is 2.16 bits per heavy atom. The third kappa shape index (κ3) is 2.23. The molecule has 0 amide bonds. The van der Waals surface area contributed by atoms with Crippen molar-refractivity contribution in [3.8, 4) is 5.75 Å². The number of halogens is 3. The first-order chi connectivity index (χ1) is 11.9. The van der Waals surface area contributed by atoms with E-state index in [0.717, 1.165) is 10.9 Å². The lowest BCUT2D eigenvalue weighted by Gasteiger charge is -2.14. The summed E-state index contributed by atoms with van der Waals surface area (Å²) >= 11 is 0. The smallest absolute Gasteiger partial charge is 0.431 e. The van der Waals surface area contributed by atoms with Gasteiger partial charge in [0.2, 0.25) is 0 Å². The molecule has 0 radical (unpaired) electrons. The summed E-state index contributed by atoms with van der Waals surface area (Å²) in [6.45, 7) is 0.328. The molecule has 0 fully saturated rings. The van der Waals surface area contributed by atoms with E-state index in [0.29, 0.717) is 41.5 Å². The molecular weight excluding hydrogens is 335 g/mol. The van der Waals surface area contributed by atoms with Crippen LogP contribution < -0.4 is 10.5 Å². The maximum atomic E-state index is 13.0. The van der Waals surface area contributed by atoms with Gasteiger partial charge < -0.3 is 15.9 Å². The molecule has 0 saturated carbocycles. The summed E-state index contributed by atoms with van der Waals surface area (Å²) in [5.41, 5.74) is 5.25. The number of alkyl halides is 3. The second-order valence-electron chi connectivity index (χ2n) is 5.63. The normalized spacial score (nSPS) is 15.2. The van der Waals surface area contributed by atoms with E-state index in [-0.39, 0.29) is 5.69 Å². The van der Waals surface area contributed by atoms with E-state index in [9.17, 15) is 13.2 Å². The van der Waals surface area contributed by atoms with Gasteiger partial charge in [-0.2, -0.15) is 18.3 Å². The van der Waals surface area contributed by atoms with Crippen LogP contribution in [0.3, 0.4) is 0 Å². The van der Waals surface area contributed by atoms with Crippen molar-refractivity contribution in [2.75, 3.05) is 6.61 Å². The van der Waals surface area contributed by atoms with Gasteiger partial charge in [-0.25, -0.2) is 4.98 Å². The van der Waals surface area contributed by atoms with Crippen LogP contribution in [-0.2, 0) is 6.42 Å². The van der Waals surface area contributed by atoms with Crippen molar-refractivity contribution >= 4 is 33.6 Å². The number of hydrogen-bond acceptors (Lipinski definition) is 5. The molecule has 128 valence electrons. The molecule has 1 aliphatic heterocycles. The highest BCUT2D eigenvalue weighted by atomic mass is 19.4. The Hall–Kier alpha value is -3.10. The molecule has 1 aromatic carbocycles. The van der Waals surface area contributed by atoms with Crippen LogP contribution in [0.5, 0.6) is 5.75 Å². The van der Waals surface area contributed by atoms with Gasteiger partial charge in [-0.05, 0) is 12.1 Å². The molecule has 1 aliphatic rings. The summed E-state index contributed by atoms with van der Waals surface area (Å²) < 4.78 is 44.8. The Bertz CT molecular complexity index is 1050. The largest absolute Gasteiger partial charge is 0.492 e. The molecule has 9 heteroatoms. The van der Waals surface area contributed by atoms with Gasteiger partial charge in [0.15, 0.2) is 0 Å². The van der Waals surface area contributed by atoms with Gasteiger partial charge in [0.05, 0.1) is 34.9 Å². The molecule has 2 aromatic heterocycles. The minimum Gasteiger partial charge on any atom is -0.492 e. The monoisotopic (exact) mass is 347 g/mol. The number of allylic oxidation sites excluding steroid dienone is 2. The van der Waals surface area contributed by atoms with Crippen LogP contribution in [0.4, 0.5) is 13.2 Å². The standard InChI is InChI=1S/C16H12F3N5O/c17-16(18,19)15(21)8(5-20)13-7-3-4-25-14(7)12-9-6-22-24-10(9)1-2-11(12)23-13/h1-2,5-6,20H,3-4,21H2,(H,22,24). The molecule has 0 bridgehead atoms. The summed E-state index contributed by atoms with van der Waals surface area (Å²) in [6.07, 6.45) is -2.14. The van der Waals surface area contributed by atoms with E-state index < -0.39 is 17.4 Å². The number of nitrogens with zero attached hydrogens (tertiary/aromatic N) is 2. The zero-order valence-electron chi connectivity index (χ0n) is 12.7. The number of hydrogen-bond donors (Lipinski definition) is 3. The van der Waals surface area contributed by atoms with Crippen LogP contribution in [0.2, 0.25) is 0 Å². The van der Waals surface area contributed by atoms with Gasteiger partial charge in [-0.3, -0.25) is 5.10 Å². The van der Waals surface area contributed by atoms with Crippen molar-refractivity contribution in [1.82, 2.24) is 15.2 Å². The summed E-state index contributed by atoms with van der Waals surface area (Å²) in [5, 5.41) is 15.7. The molecule has 0 aliphatic carbocycles. The number of fused-ring (bicyclic) bond motifs is 5. The number of nitrogens with two attached hydrogens (primary N) is 1. The highest BCUT2D eigenvalue weighted by Gasteiger charge is 2.36. The highest BCUT2D eigenvalue weighted by molar-refractivity contribution is 6.13. The number of H-pyrrole nitrogens is 1. The van der Waals surface area contributed by atoms with Crippen LogP contribution in [0.1, 0.15) is 11.3 Å². The minimum absolute atomic E-state index is 0.0349. The number of rotatable bonds is 2. The van der Waals surface area contributed by atoms with Gasteiger partial charge in [0, 0.05) is 29.2 Å². The fraction of sp³-hybridized carbons (Fsp3) is 0.188. The van der Waals surface area contributed by atoms with Gasteiger partial charge >= 0.3 is 6.18 Å². The van der Waals surface area contributed by atoms with E-state index >= 15 is 0 Å². The van der Waals surface area contributed by atoms with Gasteiger partial charge in [-0.15, -0.1) is 0 Å². The van der Waals surface area contributed by atoms with Gasteiger partial charge in [0.1, 0.15) is 11.4 Å². The van der Waals surface area contributed by atoms with Crippen LogP contribution in [0, 0.1) is 5.41 Å². The molecule has 0 unspecified atom stereocenters. The average molecular weight is 347 g/mol. The van der Waals surface area contributed by atoms with E-state index in [1.54, 1.807) is 18.3 Å². The lowest BCUT2D eigenvalue weighted by molar-refractivity contribution is -0.0919. The predicted octanol–water partition coefficient (Wildman–Crippen LogP) is 2.93. The first-order valence-electron chi connectivity index (χ1n) is 7.41. The van der Waals surface area contributed by atoms with E-state index in [1.165, 1.54) is 0 Å². The Balaban J connectivity index is 2.10. The highest BCUT2D eigenvalue weighted by Crippen LogP contribution is 2.41. The molecule has 0 spiro atoms. The maximum absolute atomic E-state index is 13.0. The van der Waals surface area contributed by atoms with Crippen molar-refractivity contribution < 1.29 is 17.9 Å². The number of nitrogens with one attached hydrogen (secondary N) is 2. The predicted molar refractivity (Wildman–Crippen MR) is 86.5 cm³/mol. The molecule has 4 N–H and O–H groups in total. The van der Waals surface area contributed by atoms with Crippen molar-refractivity contribution in [3.63, 3.8) is 0 Å². The molecule has 6 nitrogen and oxygen atoms in total. The summed E-state index contributed by atoms with van der Waals surface area (Å²) in [5.74, 6) is 0.473. The van der Waals surface area contributed by atoms with Crippen LogP contribution in [0.15, 0.2) is 24.0 Å². The molecule has 3 aromatic rings. The third-order valence-corrected chi connectivity index (χ3v) is 4.21. The molecule has 0 saturated heterocycles. The topological polar surface area (TPSA) is 101 Å². The van der Waals surface area contributed by atoms with Crippen molar-refractivity contribution in [2.24, 2.45) is 5.73 Å². The Kier molecular flexibility index (Phi) is 3.21. The quantitative estimate of drug-likeness (QED) is 0.621. The van der Waals surface area contributed by atoms with Gasteiger partial charge in [-0.1, -0.05) is 0 Å². The zero-order valence-corrected chi connectivity index (χ0v) is 12.7. The fourth-order valence-corrected chi connectivity index (χ4v) is 3.08.